The molecule has 1 aliphatic rings. The molecule has 1 aliphatic heterocycles. The van der Waals surface area contributed by atoms with Crippen molar-refractivity contribution in [3.63, 3.8) is 0 Å². The number of likely N-dealkylation sites (N-methyl/N-ethyl adjacent to an activating group) is 1. The minimum atomic E-state index is 0.115. The fourth-order valence-electron chi connectivity index (χ4n) is 2.23. The molecule has 2 N–H and O–H groups in total. The smallest absolute Gasteiger partial charge is 0.241 e. The van der Waals surface area contributed by atoms with Crippen LogP contribution in [0.2, 0.25) is 0 Å². The van der Waals surface area contributed by atoms with Crippen molar-refractivity contribution in [2.45, 2.75) is 0 Å². The number of amides is 1. The van der Waals surface area contributed by atoms with Crippen molar-refractivity contribution in [2.24, 2.45) is 0 Å². The lowest BCUT2D eigenvalue weighted by Gasteiger charge is -2.32. The van der Waals surface area contributed by atoms with Crippen molar-refractivity contribution >= 4 is 28.3 Å². The molecule has 104 valence electrons. The number of pyridine rings is 1. The van der Waals surface area contributed by atoms with Gasteiger partial charge in [-0.05, 0) is 29.2 Å². The molecule has 3 heterocycles. The lowest BCUT2D eigenvalue weighted by Crippen LogP contribution is -2.48. The number of anilines is 2. The second kappa shape index (κ2) is 5.09. The second-order valence-electron chi connectivity index (χ2n) is 4.72. The Balaban J connectivity index is 1.98. The SMILES string of the molecule is CN1CCN(c2snc(N)c2-c2ccncc2)CC1=O. The molecule has 20 heavy (non-hydrogen) atoms. The van der Waals surface area contributed by atoms with Gasteiger partial charge in [-0.25, -0.2) is 0 Å². The summed E-state index contributed by atoms with van der Waals surface area (Å²) < 4.78 is 4.24. The van der Waals surface area contributed by atoms with E-state index >= 15 is 0 Å². The van der Waals surface area contributed by atoms with Crippen LogP contribution in [0.3, 0.4) is 0 Å². The van der Waals surface area contributed by atoms with Gasteiger partial charge in [-0.3, -0.25) is 9.78 Å². The highest BCUT2D eigenvalue weighted by molar-refractivity contribution is 7.11. The summed E-state index contributed by atoms with van der Waals surface area (Å²) >= 11 is 1.34. The zero-order valence-electron chi connectivity index (χ0n) is 11.1. The molecule has 7 heteroatoms. The number of hydrogen-bond acceptors (Lipinski definition) is 6. The first-order chi connectivity index (χ1) is 9.66. The fourth-order valence-corrected chi connectivity index (χ4v) is 3.09. The molecule has 0 saturated carbocycles. The van der Waals surface area contributed by atoms with E-state index in [1.807, 2.05) is 24.1 Å². The number of nitrogens with zero attached hydrogens (tertiary/aromatic N) is 4. The molecule has 2 aromatic rings. The summed E-state index contributed by atoms with van der Waals surface area (Å²) in [6.07, 6.45) is 3.46. The Morgan fingerprint density at radius 3 is 2.75 bits per heavy atom. The predicted octanol–water partition coefficient (Wildman–Crippen LogP) is 1.07. The molecule has 2 aromatic heterocycles. The van der Waals surface area contributed by atoms with Crippen LogP contribution in [0.4, 0.5) is 10.8 Å². The molecule has 0 bridgehead atoms. The number of carbonyl (C=O) groups excluding carboxylic acids is 1. The van der Waals surface area contributed by atoms with E-state index in [1.165, 1.54) is 11.5 Å². The quantitative estimate of drug-likeness (QED) is 0.895. The van der Waals surface area contributed by atoms with Crippen LogP contribution in [0.1, 0.15) is 0 Å². The number of nitrogens with two attached hydrogens (primary N) is 1. The minimum Gasteiger partial charge on any atom is -0.382 e. The molecule has 6 nitrogen and oxygen atoms in total. The summed E-state index contributed by atoms with van der Waals surface area (Å²) in [5, 5.41) is 0.954. The standard InChI is InChI=1S/C13H15N5OS/c1-17-6-7-18(8-10(17)19)13-11(12(14)16-20-13)9-2-4-15-5-3-9/h2-5H,6-8H2,1H3,(H2,14,16). The van der Waals surface area contributed by atoms with Crippen LogP contribution in [0.5, 0.6) is 0 Å². The lowest BCUT2D eigenvalue weighted by atomic mass is 10.1. The fraction of sp³-hybridized carbons (Fsp3) is 0.308. The highest BCUT2D eigenvalue weighted by Crippen LogP contribution is 2.39. The van der Waals surface area contributed by atoms with E-state index < -0.39 is 0 Å². The van der Waals surface area contributed by atoms with E-state index in [-0.39, 0.29) is 5.91 Å². The zero-order chi connectivity index (χ0) is 14.1. The number of nitrogen functional groups attached to an aromatic ring is 1. The first-order valence-corrected chi connectivity index (χ1v) is 7.08. The number of piperazine rings is 1. The van der Waals surface area contributed by atoms with E-state index in [4.69, 9.17) is 5.73 Å². The average Bonchev–Trinajstić information content (AvgIpc) is 2.85. The van der Waals surface area contributed by atoms with Crippen LogP contribution < -0.4 is 10.6 Å². The Bertz CT molecular complexity index is 627. The van der Waals surface area contributed by atoms with Gasteiger partial charge < -0.3 is 15.5 Å². The summed E-state index contributed by atoms with van der Waals surface area (Å²) in [5.41, 5.74) is 7.88. The summed E-state index contributed by atoms with van der Waals surface area (Å²) in [6, 6.07) is 3.81. The molecule has 3 rings (SSSR count). The average molecular weight is 289 g/mol. The topological polar surface area (TPSA) is 75.3 Å². The molecule has 0 atom stereocenters. The third-order valence-electron chi connectivity index (χ3n) is 3.41. The maximum Gasteiger partial charge on any atom is 0.241 e. The van der Waals surface area contributed by atoms with Gasteiger partial charge in [0.05, 0.1) is 12.1 Å². The van der Waals surface area contributed by atoms with Gasteiger partial charge in [-0.2, -0.15) is 4.37 Å². The van der Waals surface area contributed by atoms with Crippen molar-refractivity contribution in [2.75, 3.05) is 37.3 Å². The van der Waals surface area contributed by atoms with Gasteiger partial charge in [-0.1, -0.05) is 0 Å². The Morgan fingerprint density at radius 1 is 1.30 bits per heavy atom. The number of aromatic nitrogens is 2. The Morgan fingerprint density at radius 2 is 2.05 bits per heavy atom. The van der Waals surface area contributed by atoms with Crippen LogP contribution in [-0.4, -0.2) is 46.8 Å². The van der Waals surface area contributed by atoms with Crippen LogP contribution in [0.25, 0.3) is 11.1 Å². The molecule has 0 unspecified atom stereocenters. The van der Waals surface area contributed by atoms with E-state index in [1.54, 1.807) is 17.3 Å². The summed E-state index contributed by atoms with van der Waals surface area (Å²) in [4.78, 5) is 19.7. The van der Waals surface area contributed by atoms with Gasteiger partial charge in [0, 0.05) is 32.5 Å². The lowest BCUT2D eigenvalue weighted by molar-refractivity contribution is -0.129. The number of hydrogen-bond donors (Lipinski definition) is 1. The van der Waals surface area contributed by atoms with Gasteiger partial charge in [-0.15, -0.1) is 0 Å². The van der Waals surface area contributed by atoms with Crippen molar-refractivity contribution < 1.29 is 4.79 Å². The van der Waals surface area contributed by atoms with E-state index in [2.05, 4.69) is 9.36 Å². The molecule has 0 aromatic carbocycles. The third-order valence-corrected chi connectivity index (χ3v) is 4.34. The van der Waals surface area contributed by atoms with E-state index in [9.17, 15) is 4.79 Å². The first kappa shape index (κ1) is 12.9. The number of carbonyl (C=O) groups is 1. The van der Waals surface area contributed by atoms with Crippen LogP contribution in [-0.2, 0) is 4.79 Å². The molecule has 1 fully saturated rings. The van der Waals surface area contributed by atoms with E-state index in [0.717, 1.165) is 22.7 Å². The molecule has 0 spiro atoms. The molecule has 1 amide bonds. The Kier molecular flexibility index (Phi) is 3.27. The molecule has 1 saturated heterocycles. The maximum absolute atomic E-state index is 11.9. The molecule has 0 aliphatic carbocycles. The van der Waals surface area contributed by atoms with Gasteiger partial charge in [0.25, 0.3) is 0 Å². The van der Waals surface area contributed by atoms with Crippen molar-refractivity contribution in [1.82, 2.24) is 14.3 Å². The van der Waals surface area contributed by atoms with Crippen molar-refractivity contribution in [3.05, 3.63) is 24.5 Å². The van der Waals surface area contributed by atoms with Crippen LogP contribution >= 0.6 is 11.5 Å². The van der Waals surface area contributed by atoms with Crippen molar-refractivity contribution in [3.8, 4) is 11.1 Å². The van der Waals surface area contributed by atoms with Crippen molar-refractivity contribution in [1.29, 1.82) is 0 Å². The van der Waals surface area contributed by atoms with Gasteiger partial charge >= 0.3 is 0 Å². The monoisotopic (exact) mass is 289 g/mol. The summed E-state index contributed by atoms with van der Waals surface area (Å²) in [6.45, 7) is 1.88. The van der Waals surface area contributed by atoms with E-state index in [0.29, 0.717) is 18.9 Å². The second-order valence-corrected chi connectivity index (χ2v) is 5.47. The van der Waals surface area contributed by atoms with Gasteiger partial charge in [0.15, 0.2) is 0 Å². The largest absolute Gasteiger partial charge is 0.382 e. The van der Waals surface area contributed by atoms with Crippen LogP contribution in [0, 0.1) is 0 Å². The Hall–Kier alpha value is -2.15. The summed E-state index contributed by atoms with van der Waals surface area (Å²) in [7, 11) is 1.82. The highest BCUT2D eigenvalue weighted by Gasteiger charge is 2.26. The molecule has 0 radical (unpaired) electrons. The number of rotatable bonds is 2. The molecular formula is C13H15N5OS. The molecular weight excluding hydrogens is 274 g/mol. The Labute approximate surface area is 121 Å². The third kappa shape index (κ3) is 2.20. The van der Waals surface area contributed by atoms with Crippen LogP contribution in [0.15, 0.2) is 24.5 Å². The summed E-state index contributed by atoms with van der Waals surface area (Å²) in [5.74, 6) is 0.617. The highest BCUT2D eigenvalue weighted by atomic mass is 32.1. The maximum atomic E-state index is 11.9. The first-order valence-electron chi connectivity index (χ1n) is 6.31. The van der Waals surface area contributed by atoms with Gasteiger partial charge in [0.2, 0.25) is 5.91 Å². The zero-order valence-corrected chi connectivity index (χ0v) is 11.9. The minimum absolute atomic E-state index is 0.115. The van der Waals surface area contributed by atoms with Gasteiger partial charge in [0.1, 0.15) is 10.8 Å². The normalized spacial score (nSPS) is 15.8. The predicted molar refractivity (Wildman–Crippen MR) is 79.6 cm³/mol.